The number of carbonyl (C=O) groups is 1. The van der Waals surface area contributed by atoms with E-state index in [1.807, 2.05) is 0 Å². The molecule has 2 saturated carbocycles. The molecule has 2 aliphatic rings. The van der Waals surface area contributed by atoms with Crippen molar-refractivity contribution in [3.05, 3.63) is 18.1 Å². The summed E-state index contributed by atoms with van der Waals surface area (Å²) in [5.41, 5.74) is -0.0107. The van der Waals surface area contributed by atoms with Gasteiger partial charge in [0.05, 0.1) is 12.4 Å². The SMILES string of the molecule is O=C(O)c1cnc(NC2CC3CCC2C3)cn1. The fourth-order valence-corrected chi connectivity index (χ4v) is 3.12. The Balaban J connectivity index is 1.67. The highest BCUT2D eigenvalue weighted by atomic mass is 16.4. The molecular weight excluding hydrogens is 218 g/mol. The lowest BCUT2D eigenvalue weighted by Gasteiger charge is -2.23. The highest BCUT2D eigenvalue weighted by molar-refractivity contribution is 5.84. The van der Waals surface area contributed by atoms with Crippen molar-refractivity contribution in [1.82, 2.24) is 9.97 Å². The third-order valence-corrected chi connectivity index (χ3v) is 3.94. The maximum Gasteiger partial charge on any atom is 0.356 e. The van der Waals surface area contributed by atoms with Gasteiger partial charge in [-0.2, -0.15) is 0 Å². The van der Waals surface area contributed by atoms with Gasteiger partial charge in [-0.05, 0) is 31.1 Å². The summed E-state index contributed by atoms with van der Waals surface area (Å²) < 4.78 is 0. The molecule has 5 nitrogen and oxygen atoms in total. The highest BCUT2D eigenvalue weighted by Crippen LogP contribution is 2.45. The van der Waals surface area contributed by atoms with Crippen molar-refractivity contribution in [3.63, 3.8) is 0 Å². The maximum absolute atomic E-state index is 10.6. The van der Waals surface area contributed by atoms with Gasteiger partial charge in [-0.1, -0.05) is 6.42 Å². The van der Waals surface area contributed by atoms with E-state index in [0.717, 1.165) is 11.8 Å². The second kappa shape index (κ2) is 3.98. The first-order chi connectivity index (χ1) is 8.22. The summed E-state index contributed by atoms with van der Waals surface area (Å²) in [5, 5.41) is 12.1. The molecule has 0 radical (unpaired) electrons. The van der Waals surface area contributed by atoms with Gasteiger partial charge in [0.15, 0.2) is 5.69 Å². The molecule has 1 aromatic rings. The Morgan fingerprint density at radius 2 is 2.18 bits per heavy atom. The third kappa shape index (κ3) is 1.97. The molecule has 0 aliphatic heterocycles. The van der Waals surface area contributed by atoms with Gasteiger partial charge in [0.25, 0.3) is 0 Å². The molecule has 2 aliphatic carbocycles. The quantitative estimate of drug-likeness (QED) is 0.832. The van der Waals surface area contributed by atoms with Crippen LogP contribution in [0.3, 0.4) is 0 Å². The predicted molar refractivity (Wildman–Crippen MR) is 61.9 cm³/mol. The topological polar surface area (TPSA) is 75.1 Å². The normalized spacial score (nSPS) is 30.5. The first-order valence-electron chi connectivity index (χ1n) is 6.04. The number of fused-ring (bicyclic) bond motifs is 2. The van der Waals surface area contributed by atoms with Crippen LogP contribution in [0.1, 0.15) is 36.2 Å². The summed E-state index contributed by atoms with van der Waals surface area (Å²) in [5.74, 6) is 1.29. The van der Waals surface area contributed by atoms with Gasteiger partial charge in [0.1, 0.15) is 5.82 Å². The summed E-state index contributed by atoms with van der Waals surface area (Å²) in [6, 6.07) is 0.499. The number of carboxylic acid groups (broad SMARTS) is 1. The molecule has 3 unspecified atom stereocenters. The molecule has 2 N–H and O–H groups in total. The minimum absolute atomic E-state index is 0.0107. The average Bonchev–Trinajstić information content (AvgIpc) is 2.91. The van der Waals surface area contributed by atoms with Crippen LogP contribution in [-0.2, 0) is 0 Å². The van der Waals surface area contributed by atoms with Gasteiger partial charge in [0.2, 0.25) is 0 Å². The summed E-state index contributed by atoms with van der Waals surface area (Å²) >= 11 is 0. The van der Waals surface area contributed by atoms with E-state index >= 15 is 0 Å². The summed E-state index contributed by atoms with van der Waals surface area (Å²) in [6.07, 6.45) is 8.04. The Morgan fingerprint density at radius 1 is 1.29 bits per heavy atom. The molecule has 2 bridgehead atoms. The standard InChI is InChI=1S/C12H15N3O2/c16-12(17)10-5-14-11(6-13-10)15-9-4-7-1-2-8(9)3-7/h5-9H,1-4H2,(H,14,15)(H,16,17). The number of carboxylic acids is 1. The minimum atomic E-state index is -1.04. The molecular formula is C12H15N3O2. The Kier molecular flexibility index (Phi) is 2.46. The first-order valence-corrected chi connectivity index (χ1v) is 6.04. The zero-order chi connectivity index (χ0) is 11.8. The van der Waals surface area contributed by atoms with E-state index in [9.17, 15) is 4.79 Å². The van der Waals surface area contributed by atoms with Crippen LogP contribution in [-0.4, -0.2) is 27.1 Å². The number of rotatable bonds is 3. The van der Waals surface area contributed by atoms with E-state index in [2.05, 4.69) is 15.3 Å². The van der Waals surface area contributed by atoms with E-state index in [4.69, 9.17) is 5.11 Å². The zero-order valence-corrected chi connectivity index (χ0v) is 9.47. The maximum atomic E-state index is 10.6. The molecule has 2 fully saturated rings. The molecule has 17 heavy (non-hydrogen) atoms. The van der Waals surface area contributed by atoms with Gasteiger partial charge in [-0.3, -0.25) is 0 Å². The number of nitrogens with one attached hydrogen (secondary N) is 1. The fraction of sp³-hybridized carbons (Fsp3) is 0.583. The monoisotopic (exact) mass is 233 g/mol. The van der Waals surface area contributed by atoms with E-state index < -0.39 is 5.97 Å². The van der Waals surface area contributed by atoms with Crippen LogP contribution in [0, 0.1) is 11.8 Å². The highest BCUT2D eigenvalue weighted by Gasteiger charge is 2.39. The van der Waals surface area contributed by atoms with E-state index in [1.54, 1.807) is 0 Å². The van der Waals surface area contributed by atoms with Crippen molar-refractivity contribution in [2.45, 2.75) is 31.7 Å². The van der Waals surface area contributed by atoms with Crippen molar-refractivity contribution in [1.29, 1.82) is 0 Å². The van der Waals surface area contributed by atoms with E-state index in [-0.39, 0.29) is 5.69 Å². The molecule has 1 aromatic heterocycles. The predicted octanol–water partition coefficient (Wildman–Crippen LogP) is 1.78. The lowest BCUT2D eigenvalue weighted by atomic mass is 9.95. The molecule has 5 heteroatoms. The van der Waals surface area contributed by atoms with Crippen LogP contribution in [0.15, 0.2) is 12.4 Å². The molecule has 0 spiro atoms. The molecule has 0 aromatic carbocycles. The van der Waals surface area contributed by atoms with Gasteiger partial charge in [-0.25, -0.2) is 14.8 Å². The lowest BCUT2D eigenvalue weighted by molar-refractivity contribution is 0.0690. The molecule has 3 rings (SSSR count). The Hall–Kier alpha value is -1.65. The number of nitrogens with zero attached hydrogens (tertiary/aromatic N) is 2. The van der Waals surface area contributed by atoms with Gasteiger partial charge < -0.3 is 10.4 Å². The minimum Gasteiger partial charge on any atom is -0.476 e. The summed E-state index contributed by atoms with van der Waals surface area (Å²) in [7, 11) is 0. The van der Waals surface area contributed by atoms with Gasteiger partial charge in [-0.15, -0.1) is 0 Å². The average molecular weight is 233 g/mol. The molecule has 3 atom stereocenters. The summed E-state index contributed by atoms with van der Waals surface area (Å²) in [6.45, 7) is 0. The van der Waals surface area contributed by atoms with Crippen LogP contribution in [0.25, 0.3) is 0 Å². The number of aromatic nitrogens is 2. The number of anilines is 1. The van der Waals surface area contributed by atoms with E-state index in [0.29, 0.717) is 11.9 Å². The molecule has 0 amide bonds. The first kappa shape index (κ1) is 10.5. The van der Waals surface area contributed by atoms with Gasteiger partial charge >= 0.3 is 5.97 Å². The van der Waals surface area contributed by atoms with Crippen molar-refractivity contribution in [2.24, 2.45) is 11.8 Å². The Morgan fingerprint density at radius 3 is 2.71 bits per heavy atom. The Bertz CT molecular complexity index is 432. The Labute approximate surface area is 99.3 Å². The van der Waals surface area contributed by atoms with Crippen LogP contribution >= 0.6 is 0 Å². The van der Waals surface area contributed by atoms with Crippen molar-refractivity contribution >= 4 is 11.8 Å². The zero-order valence-electron chi connectivity index (χ0n) is 9.47. The van der Waals surface area contributed by atoms with Crippen LogP contribution in [0.4, 0.5) is 5.82 Å². The van der Waals surface area contributed by atoms with E-state index in [1.165, 1.54) is 38.1 Å². The largest absolute Gasteiger partial charge is 0.476 e. The van der Waals surface area contributed by atoms with Crippen molar-refractivity contribution in [2.75, 3.05) is 5.32 Å². The van der Waals surface area contributed by atoms with Crippen molar-refractivity contribution in [3.8, 4) is 0 Å². The molecule has 1 heterocycles. The smallest absolute Gasteiger partial charge is 0.356 e. The molecule has 90 valence electrons. The lowest BCUT2D eigenvalue weighted by Crippen LogP contribution is -2.26. The molecule has 0 saturated heterocycles. The van der Waals surface area contributed by atoms with Crippen LogP contribution in [0.2, 0.25) is 0 Å². The third-order valence-electron chi connectivity index (χ3n) is 3.94. The number of aromatic carboxylic acids is 1. The van der Waals surface area contributed by atoms with Crippen molar-refractivity contribution < 1.29 is 9.90 Å². The number of hydrogen-bond acceptors (Lipinski definition) is 4. The second-order valence-electron chi connectivity index (χ2n) is 5.02. The fourth-order valence-electron chi connectivity index (χ4n) is 3.12. The number of hydrogen-bond donors (Lipinski definition) is 2. The second-order valence-corrected chi connectivity index (χ2v) is 5.02. The van der Waals surface area contributed by atoms with Crippen LogP contribution < -0.4 is 5.32 Å². The summed E-state index contributed by atoms with van der Waals surface area (Å²) in [4.78, 5) is 18.6. The van der Waals surface area contributed by atoms with Crippen LogP contribution in [0.5, 0.6) is 0 Å². The van der Waals surface area contributed by atoms with Gasteiger partial charge in [0, 0.05) is 6.04 Å².